The molecule has 0 fully saturated rings. The zero-order valence-electron chi connectivity index (χ0n) is 16.0. The number of ether oxygens (including phenoxy) is 2. The molecular weight excluding hydrogens is 376 g/mol. The number of esters is 1. The number of carbonyl (C=O) groups excluding carboxylic acids is 2. The molecule has 3 rings (SSSR count). The van der Waals surface area contributed by atoms with Gasteiger partial charge in [0.05, 0.1) is 11.0 Å². The number of aryl methyl sites for hydroxylation is 1. The molecule has 0 heterocycles. The van der Waals surface area contributed by atoms with Crippen molar-refractivity contribution < 1.29 is 24.0 Å². The van der Waals surface area contributed by atoms with Gasteiger partial charge in [0.2, 0.25) is 0 Å². The molecule has 2 atom stereocenters. The Labute approximate surface area is 168 Å². The van der Waals surface area contributed by atoms with E-state index in [2.05, 4.69) is 11.4 Å². The Hall–Kier alpha value is -3.42. The van der Waals surface area contributed by atoms with E-state index < -0.39 is 29.5 Å². The topological polar surface area (TPSA) is 108 Å². The van der Waals surface area contributed by atoms with E-state index in [0.717, 1.165) is 24.8 Å². The molecule has 0 aliphatic heterocycles. The fourth-order valence-electron chi connectivity index (χ4n) is 3.34. The van der Waals surface area contributed by atoms with E-state index >= 15 is 0 Å². The maximum Gasteiger partial charge on any atom is 0.344 e. The van der Waals surface area contributed by atoms with Gasteiger partial charge < -0.3 is 14.8 Å². The number of nitrogens with one attached hydrogen (secondary N) is 1. The summed E-state index contributed by atoms with van der Waals surface area (Å²) in [5.74, 6) is -1.22. The van der Waals surface area contributed by atoms with Crippen molar-refractivity contribution in [1.82, 2.24) is 5.32 Å². The first-order chi connectivity index (χ1) is 14.0. The number of nitrogens with zero attached hydrogens (tertiary/aromatic N) is 1. The zero-order valence-corrected chi connectivity index (χ0v) is 16.0. The smallest absolute Gasteiger partial charge is 0.344 e. The molecule has 1 aliphatic carbocycles. The molecule has 0 spiro atoms. The summed E-state index contributed by atoms with van der Waals surface area (Å²) >= 11 is 0. The number of fused-ring (bicyclic) bond motifs is 1. The van der Waals surface area contributed by atoms with Crippen LogP contribution in [0, 0.1) is 10.1 Å². The number of nitro groups is 1. The maximum absolute atomic E-state index is 12.5. The van der Waals surface area contributed by atoms with Crippen LogP contribution in [-0.2, 0) is 20.7 Å². The van der Waals surface area contributed by atoms with Crippen molar-refractivity contribution in [2.45, 2.75) is 38.3 Å². The van der Waals surface area contributed by atoms with Gasteiger partial charge in [-0.1, -0.05) is 36.4 Å². The minimum atomic E-state index is -1.01. The Morgan fingerprint density at radius 1 is 1.21 bits per heavy atom. The summed E-state index contributed by atoms with van der Waals surface area (Å²) in [6.07, 6.45) is 1.77. The highest BCUT2D eigenvalue weighted by molar-refractivity contribution is 5.84. The van der Waals surface area contributed by atoms with Crippen LogP contribution >= 0.6 is 0 Å². The molecule has 152 valence electrons. The van der Waals surface area contributed by atoms with E-state index in [0.29, 0.717) is 0 Å². The fourth-order valence-corrected chi connectivity index (χ4v) is 3.34. The zero-order chi connectivity index (χ0) is 20.8. The van der Waals surface area contributed by atoms with Crippen LogP contribution in [0.1, 0.15) is 36.9 Å². The maximum atomic E-state index is 12.5. The first kappa shape index (κ1) is 20.3. The van der Waals surface area contributed by atoms with Crippen LogP contribution in [-0.4, -0.2) is 29.5 Å². The van der Waals surface area contributed by atoms with Crippen molar-refractivity contribution in [2.24, 2.45) is 0 Å². The summed E-state index contributed by atoms with van der Waals surface area (Å²) in [6.45, 7) is 0.946. The Morgan fingerprint density at radius 3 is 2.72 bits per heavy atom. The molecule has 1 aliphatic rings. The van der Waals surface area contributed by atoms with Gasteiger partial charge in [-0.15, -0.1) is 0 Å². The minimum absolute atomic E-state index is 0.0367. The third-order valence-electron chi connectivity index (χ3n) is 4.77. The highest BCUT2D eigenvalue weighted by Crippen LogP contribution is 2.29. The molecule has 0 aromatic heterocycles. The SMILES string of the molecule is C[C@@H](OC(=O)COc1ccccc1[N+](=O)[O-])C(=O)N[C@@H]1CCCc2ccccc21. The summed E-state index contributed by atoms with van der Waals surface area (Å²) in [4.78, 5) is 34.8. The van der Waals surface area contributed by atoms with Crippen LogP contribution in [0.2, 0.25) is 0 Å². The number of nitro benzene ring substituents is 1. The highest BCUT2D eigenvalue weighted by Gasteiger charge is 2.25. The number of benzene rings is 2. The molecule has 0 saturated carbocycles. The van der Waals surface area contributed by atoms with Crippen LogP contribution in [0.15, 0.2) is 48.5 Å². The van der Waals surface area contributed by atoms with Crippen molar-refractivity contribution in [2.75, 3.05) is 6.61 Å². The van der Waals surface area contributed by atoms with Crippen LogP contribution in [0.25, 0.3) is 0 Å². The van der Waals surface area contributed by atoms with Gasteiger partial charge in [-0.25, -0.2) is 4.79 Å². The third-order valence-corrected chi connectivity index (χ3v) is 4.77. The van der Waals surface area contributed by atoms with Gasteiger partial charge in [-0.2, -0.15) is 0 Å². The Bertz CT molecular complexity index is 914. The van der Waals surface area contributed by atoms with E-state index in [1.165, 1.54) is 30.7 Å². The largest absolute Gasteiger partial charge is 0.475 e. The molecule has 0 saturated heterocycles. The summed E-state index contributed by atoms with van der Waals surface area (Å²) < 4.78 is 10.3. The predicted octanol–water partition coefficient (Wildman–Crippen LogP) is 3.10. The molecule has 2 aromatic carbocycles. The normalized spacial score (nSPS) is 16.2. The second-order valence-corrected chi connectivity index (χ2v) is 6.80. The molecule has 0 radical (unpaired) electrons. The number of carbonyl (C=O) groups is 2. The van der Waals surface area contributed by atoms with Crippen molar-refractivity contribution in [3.63, 3.8) is 0 Å². The van der Waals surface area contributed by atoms with E-state index in [-0.39, 0.29) is 17.5 Å². The monoisotopic (exact) mass is 398 g/mol. The lowest BCUT2D eigenvalue weighted by Gasteiger charge is -2.27. The van der Waals surface area contributed by atoms with Gasteiger partial charge in [0.1, 0.15) is 0 Å². The summed E-state index contributed by atoms with van der Waals surface area (Å²) in [7, 11) is 0. The van der Waals surface area contributed by atoms with E-state index in [9.17, 15) is 19.7 Å². The van der Waals surface area contributed by atoms with Crippen LogP contribution in [0.5, 0.6) is 5.75 Å². The van der Waals surface area contributed by atoms with Crippen LogP contribution < -0.4 is 10.1 Å². The number of hydrogen-bond acceptors (Lipinski definition) is 6. The lowest BCUT2D eigenvalue weighted by molar-refractivity contribution is -0.385. The number of amides is 1. The lowest BCUT2D eigenvalue weighted by atomic mass is 9.87. The van der Waals surface area contributed by atoms with Gasteiger partial charge in [0.25, 0.3) is 5.91 Å². The predicted molar refractivity (Wildman–Crippen MR) is 104 cm³/mol. The van der Waals surface area contributed by atoms with Crippen molar-refractivity contribution >= 4 is 17.6 Å². The Morgan fingerprint density at radius 2 is 1.93 bits per heavy atom. The van der Waals surface area contributed by atoms with Gasteiger partial charge >= 0.3 is 11.7 Å². The second kappa shape index (κ2) is 9.18. The minimum Gasteiger partial charge on any atom is -0.475 e. The third kappa shape index (κ3) is 5.10. The first-order valence-corrected chi connectivity index (χ1v) is 9.39. The number of rotatable bonds is 7. The summed E-state index contributed by atoms with van der Waals surface area (Å²) in [5, 5.41) is 13.9. The van der Waals surface area contributed by atoms with Gasteiger partial charge in [0.15, 0.2) is 18.5 Å². The molecular formula is C21H22N2O6. The highest BCUT2D eigenvalue weighted by atomic mass is 16.6. The Balaban J connectivity index is 1.52. The average molecular weight is 398 g/mol. The lowest BCUT2D eigenvalue weighted by Crippen LogP contribution is -2.39. The van der Waals surface area contributed by atoms with Gasteiger partial charge in [-0.3, -0.25) is 14.9 Å². The molecule has 29 heavy (non-hydrogen) atoms. The second-order valence-electron chi connectivity index (χ2n) is 6.80. The molecule has 8 heteroatoms. The van der Waals surface area contributed by atoms with Crippen molar-refractivity contribution in [3.8, 4) is 5.75 Å². The van der Waals surface area contributed by atoms with E-state index in [1.54, 1.807) is 6.07 Å². The molecule has 1 N–H and O–H groups in total. The van der Waals surface area contributed by atoms with Gasteiger partial charge in [0, 0.05) is 6.07 Å². The Kier molecular flexibility index (Phi) is 6.43. The van der Waals surface area contributed by atoms with Crippen molar-refractivity contribution in [1.29, 1.82) is 0 Å². The number of para-hydroxylation sites is 2. The quantitative estimate of drug-likeness (QED) is 0.436. The average Bonchev–Trinajstić information content (AvgIpc) is 2.72. The standard InChI is InChI=1S/C21H22N2O6/c1-14(21(25)22-17-10-6-8-15-7-2-3-9-16(15)17)29-20(24)13-28-19-12-5-4-11-18(19)23(26)27/h2-5,7,9,11-12,14,17H,6,8,10,13H2,1H3,(H,22,25)/t14-,17-/m1/s1. The molecule has 2 aromatic rings. The summed E-state index contributed by atoms with van der Waals surface area (Å²) in [6, 6.07) is 13.6. The fraction of sp³-hybridized carbons (Fsp3) is 0.333. The van der Waals surface area contributed by atoms with Crippen molar-refractivity contribution in [3.05, 3.63) is 69.8 Å². The van der Waals surface area contributed by atoms with E-state index in [4.69, 9.17) is 9.47 Å². The number of hydrogen-bond donors (Lipinski definition) is 1. The van der Waals surface area contributed by atoms with Crippen LogP contribution in [0.3, 0.4) is 0 Å². The summed E-state index contributed by atoms with van der Waals surface area (Å²) in [5.41, 5.74) is 2.05. The van der Waals surface area contributed by atoms with Crippen LogP contribution in [0.4, 0.5) is 5.69 Å². The van der Waals surface area contributed by atoms with Gasteiger partial charge in [-0.05, 0) is 43.4 Å². The molecule has 1 amide bonds. The molecule has 8 nitrogen and oxygen atoms in total. The first-order valence-electron chi connectivity index (χ1n) is 9.39. The molecule has 0 unspecified atom stereocenters. The molecule has 0 bridgehead atoms. The van der Waals surface area contributed by atoms with E-state index in [1.807, 2.05) is 18.2 Å².